The number of rotatable bonds is 8. The molecule has 0 radical (unpaired) electrons. The van der Waals surface area contributed by atoms with Crippen molar-refractivity contribution in [1.29, 1.82) is 0 Å². The van der Waals surface area contributed by atoms with Crippen LogP contribution in [0.25, 0.3) is 0 Å². The van der Waals surface area contributed by atoms with Crippen LogP contribution in [0.5, 0.6) is 0 Å². The van der Waals surface area contributed by atoms with E-state index in [1.165, 1.54) is 0 Å². The second kappa shape index (κ2) is 10.5. The van der Waals surface area contributed by atoms with E-state index in [1.54, 1.807) is 6.92 Å². The molecule has 0 atom stereocenters. The monoisotopic (exact) mass is 370 g/mol. The Hall–Kier alpha value is -3.30. The predicted octanol–water partition coefficient (Wildman–Crippen LogP) is 0.682. The molecule has 0 spiro atoms. The molecule has 140 valence electrons. The lowest BCUT2D eigenvalue weighted by molar-refractivity contribution is -0.144. The van der Waals surface area contributed by atoms with E-state index in [1.807, 2.05) is 0 Å². The fourth-order valence-corrected chi connectivity index (χ4v) is 1.52. The zero-order chi connectivity index (χ0) is 19.5. The molecule has 10 heteroatoms. The summed E-state index contributed by atoms with van der Waals surface area (Å²) >= 11 is 0. The second-order valence-electron chi connectivity index (χ2n) is 4.65. The Bertz CT molecular complexity index is 721. The summed E-state index contributed by atoms with van der Waals surface area (Å²) in [6.07, 6.45) is 1.64. The summed E-state index contributed by atoms with van der Waals surface area (Å²) in [6.45, 7) is 0.586. The van der Waals surface area contributed by atoms with E-state index < -0.39 is 48.5 Å². The van der Waals surface area contributed by atoms with E-state index in [2.05, 4.69) is 20.1 Å². The maximum atomic E-state index is 13.0. The number of hydrogen-bond donors (Lipinski definition) is 2. The van der Waals surface area contributed by atoms with Crippen molar-refractivity contribution >= 4 is 29.4 Å². The van der Waals surface area contributed by atoms with Crippen LogP contribution in [0, 0.1) is 11.6 Å². The lowest BCUT2D eigenvalue weighted by Crippen LogP contribution is -2.35. The first-order valence-corrected chi connectivity index (χ1v) is 7.35. The number of anilines is 1. The minimum atomic E-state index is -1.13. The SMILES string of the molecule is CCOC(=O)/C=C/C(=O)OCC(=O)NCC(=O)Nc1ccc(F)c(F)c1. The van der Waals surface area contributed by atoms with Crippen LogP contribution in [-0.4, -0.2) is 43.5 Å². The molecule has 1 aromatic carbocycles. The van der Waals surface area contributed by atoms with Gasteiger partial charge in [0.15, 0.2) is 18.2 Å². The normalized spacial score (nSPS) is 10.3. The first-order chi connectivity index (χ1) is 12.3. The Labute approximate surface area is 147 Å². The van der Waals surface area contributed by atoms with E-state index in [9.17, 15) is 28.0 Å². The smallest absolute Gasteiger partial charge is 0.331 e. The Morgan fingerprint density at radius 2 is 1.65 bits per heavy atom. The summed E-state index contributed by atoms with van der Waals surface area (Å²) in [6, 6.07) is 2.77. The molecule has 0 aliphatic carbocycles. The predicted molar refractivity (Wildman–Crippen MR) is 84.7 cm³/mol. The molecule has 0 fully saturated rings. The van der Waals surface area contributed by atoms with Crippen molar-refractivity contribution in [3.05, 3.63) is 42.0 Å². The molecule has 0 aliphatic heterocycles. The lowest BCUT2D eigenvalue weighted by Gasteiger charge is -2.07. The van der Waals surface area contributed by atoms with Gasteiger partial charge >= 0.3 is 11.9 Å². The summed E-state index contributed by atoms with van der Waals surface area (Å²) in [4.78, 5) is 45.2. The molecule has 0 aliphatic rings. The third-order valence-corrected chi connectivity index (χ3v) is 2.64. The summed E-state index contributed by atoms with van der Waals surface area (Å²) in [7, 11) is 0. The van der Waals surface area contributed by atoms with Crippen molar-refractivity contribution in [3.63, 3.8) is 0 Å². The summed E-state index contributed by atoms with van der Waals surface area (Å²) < 4.78 is 34.8. The first-order valence-electron chi connectivity index (χ1n) is 7.35. The average molecular weight is 370 g/mol. The van der Waals surface area contributed by atoms with Gasteiger partial charge in [-0.15, -0.1) is 0 Å². The van der Waals surface area contributed by atoms with Gasteiger partial charge in [-0.05, 0) is 19.1 Å². The van der Waals surface area contributed by atoms with Crippen LogP contribution in [-0.2, 0) is 28.7 Å². The number of benzene rings is 1. The van der Waals surface area contributed by atoms with Gasteiger partial charge in [0.25, 0.3) is 5.91 Å². The highest BCUT2D eigenvalue weighted by Gasteiger charge is 2.09. The van der Waals surface area contributed by atoms with E-state index in [-0.39, 0.29) is 12.3 Å². The lowest BCUT2D eigenvalue weighted by atomic mass is 10.3. The van der Waals surface area contributed by atoms with Crippen molar-refractivity contribution in [3.8, 4) is 0 Å². The molecule has 26 heavy (non-hydrogen) atoms. The highest BCUT2D eigenvalue weighted by molar-refractivity contribution is 5.95. The minimum Gasteiger partial charge on any atom is -0.463 e. The number of halogens is 2. The van der Waals surface area contributed by atoms with E-state index >= 15 is 0 Å². The standard InChI is InChI=1S/C16H16F2N2O6/c1-2-25-15(23)5-6-16(24)26-9-14(22)19-8-13(21)20-10-3-4-11(17)12(18)7-10/h3-7H,2,8-9H2,1H3,(H,19,22)(H,20,21)/b6-5+. The van der Waals surface area contributed by atoms with E-state index in [0.717, 1.165) is 30.4 Å². The number of ether oxygens (including phenoxy) is 2. The zero-order valence-corrected chi connectivity index (χ0v) is 13.7. The van der Waals surface area contributed by atoms with E-state index in [4.69, 9.17) is 0 Å². The third kappa shape index (κ3) is 7.99. The second-order valence-corrected chi connectivity index (χ2v) is 4.65. The number of carbonyl (C=O) groups is 4. The summed E-state index contributed by atoms with van der Waals surface area (Å²) in [5.41, 5.74) is 0.0127. The number of carbonyl (C=O) groups excluding carboxylic acids is 4. The Balaban J connectivity index is 2.30. The third-order valence-electron chi connectivity index (χ3n) is 2.64. The van der Waals surface area contributed by atoms with Crippen LogP contribution in [0.4, 0.5) is 14.5 Å². The number of hydrogen-bond acceptors (Lipinski definition) is 6. The number of nitrogens with one attached hydrogen (secondary N) is 2. The van der Waals surface area contributed by atoms with Crippen molar-refractivity contribution in [2.75, 3.05) is 25.1 Å². The van der Waals surface area contributed by atoms with E-state index in [0.29, 0.717) is 0 Å². The zero-order valence-electron chi connectivity index (χ0n) is 13.7. The van der Waals surface area contributed by atoms with Gasteiger partial charge in [0.1, 0.15) is 0 Å². The fraction of sp³-hybridized carbons (Fsp3) is 0.250. The number of amides is 2. The molecular formula is C16H16F2N2O6. The van der Waals surface area contributed by atoms with Crippen LogP contribution in [0.3, 0.4) is 0 Å². The molecule has 0 unspecified atom stereocenters. The molecule has 2 amide bonds. The van der Waals surface area contributed by atoms with Gasteiger partial charge in [-0.2, -0.15) is 0 Å². The average Bonchev–Trinajstić information content (AvgIpc) is 2.60. The summed E-state index contributed by atoms with van der Waals surface area (Å²) in [5.74, 6) is -5.34. The highest BCUT2D eigenvalue weighted by Crippen LogP contribution is 2.12. The van der Waals surface area contributed by atoms with Crippen LogP contribution < -0.4 is 10.6 Å². The quantitative estimate of drug-likeness (QED) is 0.514. The van der Waals surface area contributed by atoms with Gasteiger partial charge in [-0.25, -0.2) is 18.4 Å². The molecule has 2 N–H and O–H groups in total. The van der Waals surface area contributed by atoms with Gasteiger partial charge in [-0.3, -0.25) is 9.59 Å². The van der Waals surface area contributed by atoms with Gasteiger partial charge in [0.2, 0.25) is 5.91 Å². The molecule has 0 saturated carbocycles. The fourth-order valence-electron chi connectivity index (χ4n) is 1.52. The van der Waals surface area contributed by atoms with Crippen molar-refractivity contribution in [2.45, 2.75) is 6.92 Å². The van der Waals surface area contributed by atoms with Crippen molar-refractivity contribution in [1.82, 2.24) is 5.32 Å². The topological polar surface area (TPSA) is 111 Å². The van der Waals surface area contributed by atoms with Crippen molar-refractivity contribution in [2.24, 2.45) is 0 Å². The molecular weight excluding hydrogens is 354 g/mol. The highest BCUT2D eigenvalue weighted by atomic mass is 19.2. The largest absolute Gasteiger partial charge is 0.463 e. The van der Waals surface area contributed by atoms with Gasteiger partial charge < -0.3 is 20.1 Å². The van der Waals surface area contributed by atoms with Gasteiger partial charge in [-0.1, -0.05) is 0 Å². The Morgan fingerprint density at radius 1 is 1.00 bits per heavy atom. The van der Waals surface area contributed by atoms with Crippen LogP contribution in [0.1, 0.15) is 6.92 Å². The summed E-state index contributed by atoms with van der Waals surface area (Å²) in [5, 5.41) is 4.40. The molecule has 0 saturated heterocycles. The minimum absolute atomic E-state index is 0.0127. The molecule has 0 heterocycles. The molecule has 0 bridgehead atoms. The molecule has 0 aromatic heterocycles. The molecule has 1 aromatic rings. The maximum Gasteiger partial charge on any atom is 0.331 e. The van der Waals surface area contributed by atoms with Crippen molar-refractivity contribution < 1.29 is 37.4 Å². The van der Waals surface area contributed by atoms with Crippen LogP contribution >= 0.6 is 0 Å². The first kappa shape index (κ1) is 20.7. The van der Waals surface area contributed by atoms with Crippen LogP contribution in [0.15, 0.2) is 30.4 Å². The Morgan fingerprint density at radius 3 is 2.27 bits per heavy atom. The molecule has 1 rings (SSSR count). The maximum absolute atomic E-state index is 13.0. The van der Waals surface area contributed by atoms with Gasteiger partial charge in [0, 0.05) is 23.9 Å². The van der Waals surface area contributed by atoms with Crippen LogP contribution in [0.2, 0.25) is 0 Å². The number of esters is 2. The Kier molecular flexibility index (Phi) is 8.41. The molecule has 8 nitrogen and oxygen atoms in total. The van der Waals surface area contributed by atoms with Gasteiger partial charge in [0.05, 0.1) is 13.2 Å².